The maximum atomic E-state index is 6.38. The minimum absolute atomic E-state index is 0.350. The Morgan fingerprint density at radius 1 is 0.818 bits per heavy atom. The first kappa shape index (κ1) is 15.1. The van der Waals surface area contributed by atoms with Crippen LogP contribution in [0.3, 0.4) is 0 Å². The topological polar surface area (TPSA) is 9.23 Å². The van der Waals surface area contributed by atoms with Crippen LogP contribution in [0.25, 0.3) is 0 Å². The smallest absolute Gasteiger partial charge is 0.119 e. The predicted octanol–water partition coefficient (Wildman–Crippen LogP) is 5.65. The zero-order chi connectivity index (χ0) is 15.0. The van der Waals surface area contributed by atoms with E-state index in [2.05, 4.69) is 54.6 Å². The maximum Gasteiger partial charge on any atom is 0.119 e. The molecule has 22 heavy (non-hydrogen) atoms. The molecule has 2 aromatic carbocycles. The molecule has 0 heterocycles. The molecular weight excluding hydrogens is 268 g/mol. The van der Waals surface area contributed by atoms with E-state index in [1.54, 1.807) is 0 Å². The lowest BCUT2D eigenvalue weighted by molar-refractivity contribution is 0.0998. The first-order valence-corrected chi connectivity index (χ1v) is 8.67. The fourth-order valence-corrected chi connectivity index (χ4v) is 3.52. The molecule has 1 atom stereocenters. The second kappa shape index (κ2) is 8.03. The quantitative estimate of drug-likeness (QED) is 0.669. The summed E-state index contributed by atoms with van der Waals surface area (Å²) in [4.78, 5) is 0. The van der Waals surface area contributed by atoms with Gasteiger partial charge in [0.2, 0.25) is 0 Å². The first-order valence-electron chi connectivity index (χ1n) is 8.67. The van der Waals surface area contributed by atoms with Gasteiger partial charge < -0.3 is 4.74 Å². The Bertz CT molecular complexity index is 528. The van der Waals surface area contributed by atoms with Gasteiger partial charge in [-0.1, -0.05) is 67.8 Å². The van der Waals surface area contributed by atoms with Crippen LogP contribution in [0.4, 0.5) is 0 Å². The number of hydrogen-bond acceptors (Lipinski definition) is 1. The Kier molecular flexibility index (Phi) is 5.53. The van der Waals surface area contributed by atoms with E-state index in [0.717, 1.165) is 24.5 Å². The molecule has 1 unspecified atom stereocenters. The Morgan fingerprint density at radius 2 is 1.45 bits per heavy atom. The molecule has 0 aromatic heterocycles. The number of rotatable bonds is 6. The molecule has 1 aliphatic carbocycles. The van der Waals surface area contributed by atoms with E-state index in [9.17, 15) is 0 Å². The van der Waals surface area contributed by atoms with Crippen LogP contribution in [-0.2, 0) is 6.42 Å². The summed E-state index contributed by atoms with van der Waals surface area (Å²) in [5.41, 5.74) is 1.42. The van der Waals surface area contributed by atoms with Crippen LogP contribution < -0.4 is 4.74 Å². The molecule has 116 valence electrons. The van der Waals surface area contributed by atoms with Crippen molar-refractivity contribution < 1.29 is 4.74 Å². The zero-order valence-electron chi connectivity index (χ0n) is 13.3. The van der Waals surface area contributed by atoms with E-state index in [1.807, 2.05) is 6.07 Å². The minimum Gasteiger partial charge on any atom is -0.490 e. The Morgan fingerprint density at radius 3 is 2.14 bits per heavy atom. The third kappa shape index (κ3) is 4.37. The van der Waals surface area contributed by atoms with Crippen LogP contribution in [0.5, 0.6) is 5.75 Å². The summed E-state index contributed by atoms with van der Waals surface area (Å²) in [6, 6.07) is 21.1. The molecule has 0 amide bonds. The highest BCUT2D eigenvalue weighted by Crippen LogP contribution is 2.31. The fourth-order valence-electron chi connectivity index (χ4n) is 3.52. The number of benzene rings is 2. The molecule has 1 aliphatic rings. The Labute approximate surface area is 134 Å². The van der Waals surface area contributed by atoms with Gasteiger partial charge in [0.25, 0.3) is 0 Å². The van der Waals surface area contributed by atoms with Gasteiger partial charge in [-0.25, -0.2) is 0 Å². The van der Waals surface area contributed by atoms with Crippen molar-refractivity contribution in [3.05, 3.63) is 66.2 Å². The van der Waals surface area contributed by atoms with E-state index < -0.39 is 0 Å². The molecule has 0 N–H and O–H groups in total. The van der Waals surface area contributed by atoms with Gasteiger partial charge in [-0.3, -0.25) is 0 Å². The lowest BCUT2D eigenvalue weighted by atomic mass is 9.83. The molecular formula is C21H26O. The van der Waals surface area contributed by atoms with Gasteiger partial charge in [-0.05, 0) is 49.3 Å². The van der Waals surface area contributed by atoms with Gasteiger partial charge in [-0.2, -0.15) is 0 Å². The van der Waals surface area contributed by atoms with Gasteiger partial charge in [-0.15, -0.1) is 0 Å². The monoisotopic (exact) mass is 294 g/mol. The largest absolute Gasteiger partial charge is 0.490 e. The predicted molar refractivity (Wildman–Crippen MR) is 92.2 cm³/mol. The van der Waals surface area contributed by atoms with Crippen molar-refractivity contribution in [3.63, 3.8) is 0 Å². The van der Waals surface area contributed by atoms with E-state index in [0.29, 0.717) is 6.10 Å². The van der Waals surface area contributed by atoms with Crippen molar-refractivity contribution >= 4 is 0 Å². The van der Waals surface area contributed by atoms with Crippen molar-refractivity contribution in [2.75, 3.05) is 0 Å². The minimum atomic E-state index is 0.350. The van der Waals surface area contributed by atoms with Crippen molar-refractivity contribution in [3.8, 4) is 5.75 Å². The summed E-state index contributed by atoms with van der Waals surface area (Å²) in [5, 5.41) is 0. The highest BCUT2D eigenvalue weighted by Gasteiger charge is 2.25. The molecule has 0 saturated heterocycles. The van der Waals surface area contributed by atoms with Crippen LogP contribution >= 0.6 is 0 Å². The van der Waals surface area contributed by atoms with E-state index in [4.69, 9.17) is 4.74 Å². The first-order chi connectivity index (χ1) is 10.9. The number of ether oxygens (including phenoxy) is 1. The van der Waals surface area contributed by atoms with E-state index in [-0.39, 0.29) is 0 Å². The summed E-state index contributed by atoms with van der Waals surface area (Å²) < 4.78 is 6.38. The van der Waals surface area contributed by atoms with Crippen LogP contribution in [0.15, 0.2) is 60.7 Å². The molecule has 1 heteroatoms. The lowest BCUT2D eigenvalue weighted by Gasteiger charge is -2.31. The van der Waals surface area contributed by atoms with Gasteiger partial charge in [0, 0.05) is 0 Å². The fraction of sp³-hybridized carbons (Fsp3) is 0.429. The van der Waals surface area contributed by atoms with Gasteiger partial charge in [0.1, 0.15) is 11.9 Å². The SMILES string of the molecule is c1ccc(CCC(Oc2ccccc2)C2CCCCC2)cc1. The average molecular weight is 294 g/mol. The standard InChI is InChI=1S/C21H26O/c1-4-10-18(11-5-1)16-17-21(19-12-6-2-7-13-19)22-20-14-8-3-9-15-20/h1,3-5,8-11,14-15,19,21H,2,6-7,12-13,16-17H2. The summed E-state index contributed by atoms with van der Waals surface area (Å²) in [5.74, 6) is 1.74. The highest BCUT2D eigenvalue weighted by atomic mass is 16.5. The molecule has 0 aliphatic heterocycles. The molecule has 0 spiro atoms. The van der Waals surface area contributed by atoms with Gasteiger partial charge in [0.05, 0.1) is 0 Å². The van der Waals surface area contributed by atoms with Crippen molar-refractivity contribution in [1.29, 1.82) is 0 Å². The molecule has 1 fully saturated rings. The number of para-hydroxylation sites is 1. The Hall–Kier alpha value is -1.76. The molecule has 0 radical (unpaired) electrons. The maximum absolute atomic E-state index is 6.38. The van der Waals surface area contributed by atoms with Crippen molar-refractivity contribution in [1.82, 2.24) is 0 Å². The van der Waals surface area contributed by atoms with Gasteiger partial charge in [0.15, 0.2) is 0 Å². The molecule has 0 bridgehead atoms. The summed E-state index contributed by atoms with van der Waals surface area (Å²) in [6.07, 6.45) is 9.35. The highest BCUT2D eigenvalue weighted by molar-refractivity contribution is 5.21. The van der Waals surface area contributed by atoms with Crippen molar-refractivity contribution in [2.24, 2.45) is 5.92 Å². The number of aryl methyl sites for hydroxylation is 1. The normalized spacial score (nSPS) is 17.1. The van der Waals surface area contributed by atoms with Crippen molar-refractivity contribution in [2.45, 2.75) is 51.0 Å². The summed E-state index contributed by atoms with van der Waals surface area (Å²) >= 11 is 0. The lowest BCUT2D eigenvalue weighted by Crippen LogP contribution is -2.29. The van der Waals surface area contributed by atoms with E-state index >= 15 is 0 Å². The van der Waals surface area contributed by atoms with Gasteiger partial charge >= 0.3 is 0 Å². The Balaban J connectivity index is 1.65. The number of hydrogen-bond donors (Lipinski definition) is 0. The summed E-state index contributed by atoms with van der Waals surface area (Å²) in [6.45, 7) is 0. The third-order valence-electron chi connectivity index (χ3n) is 4.77. The molecule has 2 aromatic rings. The third-order valence-corrected chi connectivity index (χ3v) is 4.77. The second-order valence-electron chi connectivity index (χ2n) is 6.39. The van der Waals surface area contributed by atoms with E-state index in [1.165, 1.54) is 37.7 Å². The van der Waals surface area contributed by atoms with Crippen LogP contribution in [0.1, 0.15) is 44.1 Å². The second-order valence-corrected chi connectivity index (χ2v) is 6.39. The van der Waals surface area contributed by atoms with Crippen LogP contribution in [0.2, 0.25) is 0 Å². The van der Waals surface area contributed by atoms with Crippen LogP contribution in [0, 0.1) is 5.92 Å². The average Bonchev–Trinajstić information content (AvgIpc) is 2.61. The molecule has 1 saturated carbocycles. The zero-order valence-corrected chi connectivity index (χ0v) is 13.3. The van der Waals surface area contributed by atoms with Crippen LogP contribution in [-0.4, -0.2) is 6.10 Å². The summed E-state index contributed by atoms with van der Waals surface area (Å²) in [7, 11) is 0. The molecule has 1 nitrogen and oxygen atoms in total. The molecule has 3 rings (SSSR count).